The highest BCUT2D eigenvalue weighted by Gasteiger charge is 2.52. The molecule has 0 spiro atoms. The molecule has 0 amide bonds. The van der Waals surface area contributed by atoms with Crippen LogP contribution in [0, 0.1) is 0 Å². The van der Waals surface area contributed by atoms with Crippen molar-refractivity contribution in [1.82, 2.24) is 0 Å². The number of phosphoric ester groups is 1. The number of ether oxygens (including phenoxy) is 1. The van der Waals surface area contributed by atoms with E-state index in [1.54, 1.807) is 0 Å². The van der Waals surface area contributed by atoms with E-state index in [1.165, 1.54) is 34.6 Å². The molecule has 0 aliphatic carbocycles. The minimum atomic E-state index is -5.11. The molecule has 0 N–H and O–H groups in total. The van der Waals surface area contributed by atoms with Gasteiger partial charge in [-0.05, 0) is 34.6 Å². The highest BCUT2D eigenvalue weighted by molar-refractivity contribution is 7.48. The number of halogens is 3. The first-order valence-corrected chi connectivity index (χ1v) is 7.76. The zero-order valence-electron chi connectivity index (χ0n) is 12.5. The van der Waals surface area contributed by atoms with Gasteiger partial charge in [0, 0.05) is 0 Å². The second-order valence-electron chi connectivity index (χ2n) is 4.53. The number of rotatable bonds is 8. The Kier molecular flexibility index (Phi) is 7.88. The fourth-order valence-electron chi connectivity index (χ4n) is 1.17. The zero-order chi connectivity index (χ0) is 16.8. The number of carbonyl (C=O) groups is 1. The van der Waals surface area contributed by atoms with E-state index in [4.69, 9.17) is 9.05 Å². The zero-order valence-corrected chi connectivity index (χ0v) is 13.4. The van der Waals surface area contributed by atoms with Crippen LogP contribution < -0.4 is 0 Å². The molecule has 0 aromatic carbocycles. The third-order valence-corrected chi connectivity index (χ3v) is 3.54. The molecule has 0 heterocycles. The molecule has 126 valence electrons. The van der Waals surface area contributed by atoms with Crippen molar-refractivity contribution in [2.24, 2.45) is 0 Å². The number of hydrogen-bond acceptors (Lipinski definition) is 6. The first-order chi connectivity index (χ1) is 9.41. The van der Waals surface area contributed by atoms with Crippen LogP contribution in [0.5, 0.6) is 0 Å². The second-order valence-corrected chi connectivity index (χ2v) is 6.06. The van der Waals surface area contributed by atoms with Crippen LogP contribution in [0.15, 0.2) is 0 Å². The van der Waals surface area contributed by atoms with Gasteiger partial charge in [0.2, 0.25) is 0 Å². The standard InChI is InChI=1S/C11H20F3O6P/c1-6-17-10(15)9(11(12,13)14)20-21(16,18-7(2)3)19-8(4)5/h7-9H,6H2,1-5H3/t9-/m0/s1. The molecule has 1 atom stereocenters. The smallest absolute Gasteiger partial charge is 0.464 e. The first-order valence-electron chi connectivity index (χ1n) is 6.30. The highest BCUT2D eigenvalue weighted by Crippen LogP contribution is 2.54. The van der Waals surface area contributed by atoms with Crippen molar-refractivity contribution in [2.45, 2.75) is 59.1 Å². The summed E-state index contributed by atoms with van der Waals surface area (Å²) in [7, 11) is -4.58. The van der Waals surface area contributed by atoms with Crippen molar-refractivity contribution in [3.63, 3.8) is 0 Å². The minimum Gasteiger partial charge on any atom is -0.464 e. The summed E-state index contributed by atoms with van der Waals surface area (Å²) >= 11 is 0. The van der Waals surface area contributed by atoms with Crippen molar-refractivity contribution >= 4 is 13.8 Å². The third kappa shape index (κ3) is 7.80. The van der Waals surface area contributed by atoms with Crippen LogP contribution in [0.2, 0.25) is 0 Å². The lowest BCUT2D eigenvalue weighted by atomic mass is 10.3. The van der Waals surface area contributed by atoms with Gasteiger partial charge in [0.25, 0.3) is 6.10 Å². The van der Waals surface area contributed by atoms with Crippen molar-refractivity contribution < 1.29 is 40.8 Å². The summed E-state index contributed by atoms with van der Waals surface area (Å²) in [5.74, 6) is -1.70. The van der Waals surface area contributed by atoms with Gasteiger partial charge in [-0.1, -0.05) is 0 Å². The average molecular weight is 336 g/mol. The van der Waals surface area contributed by atoms with Gasteiger partial charge in [-0.3, -0.25) is 13.6 Å². The Labute approximate surface area is 121 Å². The van der Waals surface area contributed by atoms with Gasteiger partial charge < -0.3 is 4.74 Å². The molecule has 0 saturated carbocycles. The van der Waals surface area contributed by atoms with Crippen LogP contribution in [-0.2, 0) is 27.7 Å². The summed E-state index contributed by atoms with van der Waals surface area (Å²) in [5.41, 5.74) is 0. The number of phosphoric acid groups is 1. The molecule has 10 heteroatoms. The molecular weight excluding hydrogens is 316 g/mol. The average Bonchev–Trinajstić information content (AvgIpc) is 2.22. The topological polar surface area (TPSA) is 71.1 Å². The van der Waals surface area contributed by atoms with E-state index < -0.39 is 38.3 Å². The fraction of sp³-hybridized carbons (Fsp3) is 0.909. The number of hydrogen-bond donors (Lipinski definition) is 0. The Morgan fingerprint density at radius 2 is 1.48 bits per heavy atom. The van der Waals surface area contributed by atoms with Crippen molar-refractivity contribution in [3.8, 4) is 0 Å². The molecule has 0 bridgehead atoms. The maximum atomic E-state index is 12.8. The van der Waals surface area contributed by atoms with E-state index in [1.807, 2.05) is 0 Å². The lowest BCUT2D eigenvalue weighted by molar-refractivity contribution is -0.215. The minimum absolute atomic E-state index is 0.283. The molecule has 0 aliphatic heterocycles. The SMILES string of the molecule is CCOC(=O)[C@H](OP(=O)(OC(C)C)OC(C)C)C(F)(F)F. The Morgan fingerprint density at radius 1 is 1.05 bits per heavy atom. The molecule has 0 fully saturated rings. The van der Waals surface area contributed by atoms with Crippen LogP contribution in [0.25, 0.3) is 0 Å². The third-order valence-electron chi connectivity index (χ3n) is 1.71. The van der Waals surface area contributed by atoms with Gasteiger partial charge in [-0.2, -0.15) is 13.2 Å². The molecule has 0 aromatic rings. The van der Waals surface area contributed by atoms with Crippen LogP contribution in [0.3, 0.4) is 0 Å². The summed E-state index contributed by atoms with van der Waals surface area (Å²) in [6.45, 7) is 6.80. The summed E-state index contributed by atoms with van der Waals surface area (Å²) in [5, 5.41) is 0. The van der Waals surface area contributed by atoms with Crippen molar-refractivity contribution in [1.29, 1.82) is 0 Å². The lowest BCUT2D eigenvalue weighted by Gasteiger charge is -2.26. The predicted molar refractivity (Wildman–Crippen MR) is 67.6 cm³/mol. The van der Waals surface area contributed by atoms with E-state index in [2.05, 4.69) is 9.26 Å². The lowest BCUT2D eigenvalue weighted by Crippen LogP contribution is -2.40. The maximum Gasteiger partial charge on any atom is 0.476 e. The monoisotopic (exact) mass is 336 g/mol. The predicted octanol–water partition coefficient (Wildman–Crippen LogP) is 3.46. The molecule has 6 nitrogen and oxygen atoms in total. The highest BCUT2D eigenvalue weighted by atomic mass is 31.2. The molecule has 0 aliphatic rings. The number of esters is 1. The van der Waals surface area contributed by atoms with E-state index in [9.17, 15) is 22.5 Å². The normalized spacial score (nSPS) is 14.6. The van der Waals surface area contributed by atoms with Gasteiger partial charge in [0.05, 0.1) is 18.8 Å². The Morgan fingerprint density at radius 3 is 1.76 bits per heavy atom. The first kappa shape index (κ1) is 20.4. The maximum absolute atomic E-state index is 12.8. The van der Waals surface area contributed by atoms with Crippen LogP contribution in [0.4, 0.5) is 13.2 Å². The summed E-state index contributed by atoms with van der Waals surface area (Å²) < 4.78 is 69.0. The van der Waals surface area contributed by atoms with Crippen LogP contribution in [0.1, 0.15) is 34.6 Å². The van der Waals surface area contributed by atoms with Gasteiger partial charge >= 0.3 is 20.0 Å². The Balaban J connectivity index is 5.30. The molecule has 0 aromatic heterocycles. The van der Waals surface area contributed by atoms with Crippen LogP contribution >= 0.6 is 7.82 Å². The largest absolute Gasteiger partial charge is 0.476 e. The number of alkyl halides is 3. The van der Waals surface area contributed by atoms with Gasteiger partial charge in [-0.15, -0.1) is 0 Å². The molecular formula is C11H20F3O6P. The molecule has 0 radical (unpaired) electrons. The van der Waals surface area contributed by atoms with E-state index in [0.717, 1.165) is 0 Å². The van der Waals surface area contributed by atoms with E-state index >= 15 is 0 Å². The van der Waals surface area contributed by atoms with Gasteiger partial charge in [-0.25, -0.2) is 9.36 Å². The molecule has 0 rings (SSSR count). The van der Waals surface area contributed by atoms with Crippen LogP contribution in [-0.4, -0.2) is 37.1 Å². The summed E-state index contributed by atoms with van der Waals surface area (Å²) in [6, 6.07) is 0. The Hall–Kier alpha value is -0.630. The summed E-state index contributed by atoms with van der Waals surface area (Å²) in [4.78, 5) is 11.3. The van der Waals surface area contributed by atoms with E-state index in [0.29, 0.717) is 0 Å². The molecule has 21 heavy (non-hydrogen) atoms. The second kappa shape index (κ2) is 8.12. The van der Waals surface area contributed by atoms with Gasteiger partial charge in [0.15, 0.2) is 0 Å². The van der Waals surface area contributed by atoms with Crippen molar-refractivity contribution in [2.75, 3.05) is 6.61 Å². The molecule has 0 saturated heterocycles. The summed E-state index contributed by atoms with van der Waals surface area (Å²) in [6.07, 6.45) is -9.61. The fourth-order valence-corrected chi connectivity index (χ4v) is 2.82. The van der Waals surface area contributed by atoms with Crippen molar-refractivity contribution in [3.05, 3.63) is 0 Å². The van der Waals surface area contributed by atoms with Gasteiger partial charge in [0.1, 0.15) is 0 Å². The Bertz CT molecular complexity index is 369. The van der Waals surface area contributed by atoms with E-state index in [-0.39, 0.29) is 6.61 Å². The molecule has 0 unspecified atom stereocenters. The quantitative estimate of drug-likeness (QED) is 0.499. The number of carbonyl (C=O) groups excluding carboxylic acids is 1.